The van der Waals surface area contributed by atoms with Gasteiger partial charge in [-0.25, -0.2) is 4.98 Å². The number of fused-ring (bicyclic) bond motifs is 1. The number of anilines is 2. The maximum atomic E-state index is 13.0. The van der Waals surface area contributed by atoms with Crippen LogP contribution in [0.1, 0.15) is 30.4 Å². The van der Waals surface area contributed by atoms with Crippen molar-refractivity contribution in [3.8, 4) is 0 Å². The lowest BCUT2D eigenvalue weighted by Crippen LogP contribution is -2.40. The Morgan fingerprint density at radius 3 is 2.77 bits per heavy atom. The third kappa shape index (κ3) is 6.09. The quantitative estimate of drug-likeness (QED) is 0.305. The lowest BCUT2D eigenvalue weighted by atomic mass is 9.91. The molecule has 1 aliphatic heterocycles. The summed E-state index contributed by atoms with van der Waals surface area (Å²) in [6, 6.07) is 9.89. The summed E-state index contributed by atoms with van der Waals surface area (Å²) in [7, 11) is 0. The summed E-state index contributed by atoms with van der Waals surface area (Å²) in [6.45, 7) is 3.51. The summed E-state index contributed by atoms with van der Waals surface area (Å²) in [4.78, 5) is 20.3. The lowest BCUT2D eigenvalue weighted by Gasteiger charge is -2.24. The molecule has 10 heteroatoms. The zero-order valence-corrected chi connectivity index (χ0v) is 17.1. The van der Waals surface area contributed by atoms with E-state index in [0.29, 0.717) is 32.0 Å². The van der Waals surface area contributed by atoms with Crippen LogP contribution in [0.5, 0.6) is 0 Å². The van der Waals surface area contributed by atoms with Gasteiger partial charge in [0.2, 0.25) is 5.91 Å². The number of aliphatic imine (C=N–C) groups is 1. The number of carbonyl (C=O) groups excluding carboxylic acids is 1. The molecular weight excluding hydrogens is 409 g/mol. The number of aromatic nitrogens is 1. The van der Waals surface area contributed by atoms with Crippen LogP contribution in [0, 0.1) is 0 Å². The van der Waals surface area contributed by atoms with E-state index >= 15 is 0 Å². The number of alkyl halides is 3. The van der Waals surface area contributed by atoms with Crippen molar-refractivity contribution in [2.24, 2.45) is 4.99 Å². The molecule has 31 heavy (non-hydrogen) atoms. The second-order valence-corrected chi connectivity index (χ2v) is 7.01. The van der Waals surface area contributed by atoms with Gasteiger partial charge in [0.05, 0.1) is 12.1 Å². The minimum atomic E-state index is -4.47. The van der Waals surface area contributed by atoms with Gasteiger partial charge in [-0.2, -0.15) is 13.2 Å². The Labute approximate surface area is 178 Å². The number of hydrogen-bond acceptors (Lipinski definition) is 4. The second-order valence-electron chi connectivity index (χ2n) is 7.01. The van der Waals surface area contributed by atoms with E-state index in [9.17, 15) is 18.0 Å². The van der Waals surface area contributed by atoms with Crippen LogP contribution in [0.4, 0.5) is 24.7 Å². The molecule has 2 aromatic rings. The molecule has 0 fully saturated rings. The van der Waals surface area contributed by atoms with Crippen molar-refractivity contribution >= 4 is 23.4 Å². The predicted molar refractivity (Wildman–Crippen MR) is 114 cm³/mol. The van der Waals surface area contributed by atoms with Crippen LogP contribution in [0.15, 0.2) is 47.6 Å². The van der Waals surface area contributed by atoms with Crippen molar-refractivity contribution in [2.75, 3.05) is 36.8 Å². The van der Waals surface area contributed by atoms with Crippen molar-refractivity contribution in [1.29, 1.82) is 0 Å². The molecule has 0 bridgehead atoms. The van der Waals surface area contributed by atoms with Gasteiger partial charge in [0, 0.05) is 43.9 Å². The fourth-order valence-electron chi connectivity index (χ4n) is 3.34. The Kier molecular flexibility index (Phi) is 7.32. The minimum Gasteiger partial charge on any atom is -0.368 e. The first-order valence-electron chi connectivity index (χ1n) is 10.1. The van der Waals surface area contributed by atoms with Gasteiger partial charge in [0.1, 0.15) is 5.82 Å². The van der Waals surface area contributed by atoms with Crippen LogP contribution in [0.3, 0.4) is 0 Å². The van der Waals surface area contributed by atoms with Crippen molar-refractivity contribution in [3.05, 3.63) is 53.7 Å². The van der Waals surface area contributed by atoms with Gasteiger partial charge in [-0.05, 0) is 30.7 Å². The van der Waals surface area contributed by atoms with Gasteiger partial charge in [0.25, 0.3) is 0 Å². The Hall–Kier alpha value is -3.30. The summed E-state index contributed by atoms with van der Waals surface area (Å²) < 4.78 is 39.1. The first-order chi connectivity index (χ1) is 14.9. The van der Waals surface area contributed by atoms with Gasteiger partial charge in [-0.15, -0.1) is 0 Å². The van der Waals surface area contributed by atoms with Crippen LogP contribution in [-0.2, 0) is 11.0 Å². The highest BCUT2D eigenvalue weighted by Gasteiger charge is 2.34. The first kappa shape index (κ1) is 22.4. The molecule has 1 aliphatic rings. The standard InChI is InChI=1S/C21H25F3N6O/c1-2-25-20(28-11-10-27-19-16(21(22,23)24)7-5-9-26-19)29-13-14-12-18(31)30-17-8-4-3-6-15(14)17/h3-9,14H,2,10-13H2,1H3,(H,26,27)(H,30,31)(H2,25,28,29). The fourth-order valence-corrected chi connectivity index (χ4v) is 3.34. The molecule has 1 amide bonds. The maximum absolute atomic E-state index is 13.0. The number of carbonyl (C=O) groups is 1. The monoisotopic (exact) mass is 434 g/mol. The van der Waals surface area contributed by atoms with Crippen molar-refractivity contribution in [3.63, 3.8) is 0 Å². The molecule has 1 aromatic carbocycles. The number of pyridine rings is 1. The number of para-hydroxylation sites is 1. The Balaban J connectivity index is 1.57. The zero-order valence-electron chi connectivity index (χ0n) is 17.1. The van der Waals surface area contributed by atoms with Crippen molar-refractivity contribution in [2.45, 2.75) is 25.4 Å². The molecule has 0 radical (unpaired) electrons. The molecule has 7 nitrogen and oxygen atoms in total. The average molecular weight is 434 g/mol. The third-order valence-corrected chi connectivity index (χ3v) is 4.74. The summed E-state index contributed by atoms with van der Waals surface area (Å²) in [5.41, 5.74) is 1.04. The van der Waals surface area contributed by atoms with E-state index in [1.54, 1.807) is 0 Å². The van der Waals surface area contributed by atoms with Crippen LogP contribution >= 0.6 is 0 Å². The topological polar surface area (TPSA) is 90.4 Å². The van der Waals surface area contributed by atoms with Crippen LogP contribution in [-0.4, -0.2) is 43.0 Å². The predicted octanol–water partition coefficient (Wildman–Crippen LogP) is 3.19. The van der Waals surface area contributed by atoms with Crippen LogP contribution in [0.2, 0.25) is 0 Å². The van der Waals surface area contributed by atoms with Gasteiger partial charge < -0.3 is 21.3 Å². The highest BCUT2D eigenvalue weighted by molar-refractivity contribution is 5.94. The molecule has 0 saturated carbocycles. The number of nitrogens with zero attached hydrogens (tertiary/aromatic N) is 2. The molecular formula is C21H25F3N6O. The maximum Gasteiger partial charge on any atom is 0.419 e. The van der Waals surface area contributed by atoms with Crippen molar-refractivity contribution < 1.29 is 18.0 Å². The Morgan fingerprint density at radius 2 is 2.00 bits per heavy atom. The van der Waals surface area contributed by atoms with E-state index in [-0.39, 0.29) is 24.2 Å². The number of rotatable bonds is 7. The molecule has 166 valence electrons. The van der Waals surface area contributed by atoms with E-state index in [1.807, 2.05) is 31.2 Å². The second kappa shape index (κ2) is 10.1. The normalized spacial score (nSPS) is 16.3. The van der Waals surface area contributed by atoms with E-state index in [0.717, 1.165) is 17.3 Å². The molecule has 4 N–H and O–H groups in total. The van der Waals surface area contributed by atoms with E-state index in [2.05, 4.69) is 31.2 Å². The van der Waals surface area contributed by atoms with Gasteiger partial charge in [-0.1, -0.05) is 18.2 Å². The fraction of sp³-hybridized carbons (Fsp3) is 0.381. The summed E-state index contributed by atoms with van der Waals surface area (Å²) in [5.74, 6) is 0.242. The Bertz CT molecular complexity index is 931. The largest absolute Gasteiger partial charge is 0.419 e. The number of benzene rings is 1. The molecule has 1 unspecified atom stereocenters. The zero-order chi connectivity index (χ0) is 22.3. The molecule has 0 saturated heterocycles. The van der Waals surface area contributed by atoms with E-state index in [1.165, 1.54) is 12.3 Å². The molecule has 1 aromatic heterocycles. The van der Waals surface area contributed by atoms with E-state index < -0.39 is 11.7 Å². The molecule has 2 heterocycles. The summed E-state index contributed by atoms with van der Waals surface area (Å²) in [6.07, 6.45) is -2.81. The highest BCUT2D eigenvalue weighted by Crippen LogP contribution is 2.33. The molecule has 0 spiro atoms. The van der Waals surface area contributed by atoms with Gasteiger partial charge >= 0.3 is 6.18 Å². The van der Waals surface area contributed by atoms with Crippen LogP contribution < -0.4 is 21.3 Å². The minimum absolute atomic E-state index is 0.0404. The average Bonchev–Trinajstić information content (AvgIpc) is 2.74. The number of nitrogens with one attached hydrogen (secondary N) is 4. The van der Waals surface area contributed by atoms with E-state index in [4.69, 9.17) is 0 Å². The summed E-state index contributed by atoms with van der Waals surface area (Å²) >= 11 is 0. The molecule has 0 aliphatic carbocycles. The van der Waals surface area contributed by atoms with Crippen LogP contribution in [0.25, 0.3) is 0 Å². The SMILES string of the molecule is CCNC(=NCC1CC(=O)Nc2ccccc21)NCCNc1ncccc1C(F)(F)F. The number of hydrogen-bond donors (Lipinski definition) is 4. The van der Waals surface area contributed by atoms with Crippen molar-refractivity contribution in [1.82, 2.24) is 15.6 Å². The number of guanidine groups is 1. The smallest absolute Gasteiger partial charge is 0.368 e. The Morgan fingerprint density at radius 1 is 1.19 bits per heavy atom. The highest BCUT2D eigenvalue weighted by atomic mass is 19.4. The third-order valence-electron chi connectivity index (χ3n) is 4.74. The lowest BCUT2D eigenvalue weighted by molar-refractivity contribution is -0.137. The van der Waals surface area contributed by atoms with Gasteiger partial charge in [0.15, 0.2) is 5.96 Å². The first-order valence-corrected chi connectivity index (χ1v) is 10.1. The number of amides is 1. The summed E-state index contributed by atoms with van der Waals surface area (Å²) in [5, 5.41) is 11.8. The molecule has 3 rings (SSSR count). The number of halogens is 3. The molecule has 1 atom stereocenters. The van der Waals surface area contributed by atoms with Gasteiger partial charge in [-0.3, -0.25) is 9.79 Å².